The van der Waals surface area contributed by atoms with Crippen molar-refractivity contribution in [1.29, 1.82) is 0 Å². The number of ether oxygens (including phenoxy) is 1. The largest absolute Gasteiger partial charge is 0.426 e. The van der Waals surface area contributed by atoms with Crippen LogP contribution in [0.3, 0.4) is 0 Å². The molecule has 7 nitrogen and oxygen atoms in total. The number of hydrogen-bond acceptors (Lipinski definition) is 5. The van der Waals surface area contributed by atoms with E-state index in [0.29, 0.717) is 11.4 Å². The summed E-state index contributed by atoms with van der Waals surface area (Å²) in [7, 11) is 0. The number of rotatable bonds is 5. The summed E-state index contributed by atoms with van der Waals surface area (Å²) < 4.78 is 5.66. The number of para-hydroxylation sites is 1. The highest BCUT2D eigenvalue weighted by atomic mass is 16.6. The molecule has 0 N–H and O–H groups in total. The van der Waals surface area contributed by atoms with Gasteiger partial charge in [0, 0.05) is 36.3 Å². The van der Waals surface area contributed by atoms with Crippen LogP contribution in [0.4, 0.5) is 11.4 Å². The van der Waals surface area contributed by atoms with Gasteiger partial charge in [-0.3, -0.25) is 19.7 Å². The average Bonchev–Trinajstić information content (AvgIpc) is 3.16. The van der Waals surface area contributed by atoms with E-state index in [4.69, 9.17) is 4.74 Å². The summed E-state index contributed by atoms with van der Waals surface area (Å²) in [4.78, 5) is 37.0. The van der Waals surface area contributed by atoms with E-state index in [-0.39, 0.29) is 24.6 Å². The number of benzene rings is 3. The maximum Gasteiger partial charge on any atom is 0.316 e. The number of nitro groups is 1. The number of anilines is 1. The predicted octanol–water partition coefficient (Wildman–Crippen LogP) is 4.22. The number of non-ortho nitro benzene ring substituents is 1. The molecule has 0 radical (unpaired) electrons. The first-order chi connectivity index (χ1) is 14.5. The van der Waals surface area contributed by atoms with Crippen LogP contribution >= 0.6 is 0 Å². The average molecular weight is 402 g/mol. The molecule has 1 atom stereocenters. The molecule has 0 aromatic heterocycles. The number of amides is 1. The highest BCUT2D eigenvalue weighted by Gasteiger charge is 2.36. The van der Waals surface area contributed by atoms with Gasteiger partial charge >= 0.3 is 5.97 Å². The summed E-state index contributed by atoms with van der Waals surface area (Å²) in [6, 6.07) is 22.5. The van der Waals surface area contributed by atoms with E-state index in [0.717, 1.165) is 11.1 Å². The van der Waals surface area contributed by atoms with Gasteiger partial charge in [0.25, 0.3) is 5.69 Å². The molecule has 1 heterocycles. The molecule has 30 heavy (non-hydrogen) atoms. The quantitative estimate of drug-likeness (QED) is 0.276. The monoisotopic (exact) mass is 402 g/mol. The van der Waals surface area contributed by atoms with Crippen molar-refractivity contribution in [3.8, 4) is 16.9 Å². The summed E-state index contributed by atoms with van der Waals surface area (Å²) >= 11 is 0. The van der Waals surface area contributed by atoms with Crippen molar-refractivity contribution in [3.05, 3.63) is 89.0 Å². The van der Waals surface area contributed by atoms with Crippen LogP contribution in [0.1, 0.15) is 6.42 Å². The molecule has 1 saturated heterocycles. The molecular formula is C23H18N2O5. The van der Waals surface area contributed by atoms with E-state index in [1.807, 2.05) is 42.5 Å². The van der Waals surface area contributed by atoms with Crippen molar-refractivity contribution in [3.63, 3.8) is 0 Å². The Labute approximate surface area is 172 Å². The molecule has 1 aliphatic rings. The minimum atomic E-state index is -0.614. The number of hydrogen-bond donors (Lipinski definition) is 0. The molecule has 1 fully saturated rings. The molecule has 150 valence electrons. The Hall–Kier alpha value is -4.00. The maximum atomic E-state index is 12.8. The van der Waals surface area contributed by atoms with Crippen molar-refractivity contribution < 1.29 is 19.2 Å². The second-order valence-electron chi connectivity index (χ2n) is 6.96. The van der Waals surface area contributed by atoms with E-state index in [1.54, 1.807) is 12.1 Å². The standard InChI is InChI=1S/C23H18N2O5/c26-22-14-17(15-24(22)18-10-12-19(13-11-18)25(28)29)23(27)30-21-9-5-4-8-20(21)16-6-2-1-3-7-16/h1-13,17H,14-15H2/t17-/m0/s1. The fraction of sp³-hybridized carbons (Fsp3) is 0.130. The fourth-order valence-corrected chi connectivity index (χ4v) is 3.47. The van der Waals surface area contributed by atoms with E-state index in [9.17, 15) is 19.7 Å². The minimum absolute atomic E-state index is 0.0311. The summed E-state index contributed by atoms with van der Waals surface area (Å²) in [5.74, 6) is -0.871. The third-order valence-electron chi connectivity index (χ3n) is 5.01. The zero-order chi connectivity index (χ0) is 21.1. The summed E-state index contributed by atoms with van der Waals surface area (Å²) in [5.41, 5.74) is 2.18. The maximum absolute atomic E-state index is 12.8. The van der Waals surface area contributed by atoms with Gasteiger partial charge in [0.05, 0.1) is 10.8 Å². The number of nitrogens with zero attached hydrogens (tertiary/aromatic N) is 2. The van der Waals surface area contributed by atoms with Crippen molar-refractivity contribution in [2.24, 2.45) is 5.92 Å². The molecule has 7 heteroatoms. The molecule has 0 aliphatic carbocycles. The fourth-order valence-electron chi connectivity index (χ4n) is 3.47. The highest BCUT2D eigenvalue weighted by molar-refractivity contribution is 6.00. The molecule has 3 aromatic rings. The zero-order valence-electron chi connectivity index (χ0n) is 15.9. The van der Waals surface area contributed by atoms with Gasteiger partial charge in [0.15, 0.2) is 0 Å². The van der Waals surface area contributed by atoms with Gasteiger partial charge in [-0.1, -0.05) is 48.5 Å². The topological polar surface area (TPSA) is 89.8 Å². The SMILES string of the molecule is O=C(Oc1ccccc1-c1ccccc1)[C@H]1CC(=O)N(c2ccc([N+](=O)[O-])cc2)C1. The molecule has 0 unspecified atom stereocenters. The second-order valence-corrected chi connectivity index (χ2v) is 6.96. The lowest BCUT2D eigenvalue weighted by Crippen LogP contribution is -2.27. The van der Waals surface area contributed by atoms with Crippen molar-refractivity contribution in [2.45, 2.75) is 6.42 Å². The van der Waals surface area contributed by atoms with Crippen LogP contribution in [0.15, 0.2) is 78.9 Å². The third-order valence-corrected chi connectivity index (χ3v) is 5.01. The predicted molar refractivity (Wildman–Crippen MR) is 111 cm³/mol. The molecule has 4 rings (SSSR count). The van der Waals surface area contributed by atoms with Crippen LogP contribution in [0.5, 0.6) is 5.75 Å². The van der Waals surface area contributed by atoms with Crippen LogP contribution in [0.2, 0.25) is 0 Å². The van der Waals surface area contributed by atoms with Crippen LogP contribution in [-0.4, -0.2) is 23.3 Å². The van der Waals surface area contributed by atoms with Gasteiger partial charge in [0.1, 0.15) is 5.75 Å². The van der Waals surface area contributed by atoms with E-state index in [1.165, 1.54) is 29.2 Å². The van der Waals surface area contributed by atoms with Gasteiger partial charge in [-0.2, -0.15) is 0 Å². The van der Waals surface area contributed by atoms with Gasteiger partial charge in [-0.05, 0) is 23.8 Å². The summed E-state index contributed by atoms with van der Waals surface area (Å²) in [6.45, 7) is 0.170. The van der Waals surface area contributed by atoms with Crippen LogP contribution < -0.4 is 9.64 Å². The molecular weight excluding hydrogens is 384 g/mol. The van der Waals surface area contributed by atoms with Crippen LogP contribution in [-0.2, 0) is 9.59 Å². The first kappa shape index (κ1) is 19.3. The molecule has 0 spiro atoms. The number of esters is 1. The first-order valence-corrected chi connectivity index (χ1v) is 9.44. The van der Waals surface area contributed by atoms with Crippen molar-refractivity contribution in [2.75, 3.05) is 11.4 Å². The van der Waals surface area contributed by atoms with Crippen molar-refractivity contribution in [1.82, 2.24) is 0 Å². The lowest BCUT2D eigenvalue weighted by Gasteiger charge is -2.16. The van der Waals surface area contributed by atoms with Gasteiger partial charge in [-0.25, -0.2) is 0 Å². The number of nitro benzene ring substituents is 1. The number of carbonyl (C=O) groups is 2. The van der Waals surface area contributed by atoms with E-state index in [2.05, 4.69) is 0 Å². The van der Waals surface area contributed by atoms with E-state index < -0.39 is 16.8 Å². The smallest absolute Gasteiger partial charge is 0.316 e. The molecule has 3 aromatic carbocycles. The van der Waals surface area contributed by atoms with Gasteiger partial charge in [0.2, 0.25) is 5.91 Å². The van der Waals surface area contributed by atoms with Crippen LogP contribution in [0.25, 0.3) is 11.1 Å². The Bertz CT molecular complexity index is 1100. The van der Waals surface area contributed by atoms with Gasteiger partial charge in [-0.15, -0.1) is 0 Å². The van der Waals surface area contributed by atoms with Crippen LogP contribution in [0, 0.1) is 16.0 Å². The molecule has 1 amide bonds. The Morgan fingerprint density at radius 2 is 1.63 bits per heavy atom. The Kier molecular flexibility index (Phi) is 5.26. The Morgan fingerprint density at radius 3 is 2.33 bits per heavy atom. The second kappa shape index (κ2) is 8.16. The summed E-state index contributed by atoms with van der Waals surface area (Å²) in [5, 5.41) is 10.8. The molecule has 0 saturated carbocycles. The Balaban J connectivity index is 1.49. The Morgan fingerprint density at radius 1 is 0.967 bits per heavy atom. The van der Waals surface area contributed by atoms with Crippen molar-refractivity contribution >= 4 is 23.3 Å². The minimum Gasteiger partial charge on any atom is -0.426 e. The lowest BCUT2D eigenvalue weighted by molar-refractivity contribution is -0.384. The number of carbonyl (C=O) groups excluding carboxylic acids is 2. The van der Waals surface area contributed by atoms with E-state index >= 15 is 0 Å². The third kappa shape index (κ3) is 3.91. The highest BCUT2D eigenvalue weighted by Crippen LogP contribution is 2.32. The first-order valence-electron chi connectivity index (χ1n) is 9.44. The van der Waals surface area contributed by atoms with Gasteiger partial charge < -0.3 is 9.64 Å². The molecule has 1 aliphatic heterocycles. The normalized spacial score (nSPS) is 15.8. The lowest BCUT2D eigenvalue weighted by atomic mass is 10.0. The summed E-state index contributed by atoms with van der Waals surface area (Å²) in [6.07, 6.45) is 0.0311. The molecule has 0 bridgehead atoms. The zero-order valence-corrected chi connectivity index (χ0v) is 15.9.